The molecule has 1 unspecified atom stereocenters. The lowest BCUT2D eigenvalue weighted by Gasteiger charge is -2.08. The third-order valence-electron chi connectivity index (χ3n) is 2.20. The van der Waals surface area contributed by atoms with E-state index < -0.39 is 0 Å². The van der Waals surface area contributed by atoms with E-state index in [1.807, 2.05) is 37.3 Å². The van der Waals surface area contributed by atoms with E-state index in [4.69, 9.17) is 10.5 Å². The smallest absolute Gasteiger partial charge is 0.307 e. The highest BCUT2D eigenvalue weighted by Gasteiger charge is 2.08. The number of esters is 1. The average Bonchev–Trinajstić information content (AvgIpc) is 2.27. The van der Waals surface area contributed by atoms with E-state index in [9.17, 15) is 4.79 Å². The van der Waals surface area contributed by atoms with Crippen LogP contribution in [0, 0.1) is 0 Å². The number of nitrogens with two attached hydrogens (primary N) is 1. The second kappa shape index (κ2) is 6.19. The molecule has 1 rings (SSSR count). The molecular weight excluding hydrogens is 190 g/mol. The summed E-state index contributed by atoms with van der Waals surface area (Å²) in [7, 11) is 0. The normalized spacial score (nSPS) is 12.1. The summed E-state index contributed by atoms with van der Waals surface area (Å²) in [5.41, 5.74) is 6.64. The highest BCUT2D eigenvalue weighted by Crippen LogP contribution is 2.03. The maximum absolute atomic E-state index is 11.3. The fraction of sp³-hybridized carbons (Fsp3) is 0.417. The Balaban J connectivity index is 2.29. The van der Waals surface area contributed by atoms with Crippen molar-refractivity contribution in [3.63, 3.8) is 0 Å². The maximum atomic E-state index is 11.3. The Kier molecular flexibility index (Phi) is 4.84. The lowest BCUT2D eigenvalue weighted by atomic mass is 10.2. The van der Waals surface area contributed by atoms with Gasteiger partial charge in [-0.05, 0) is 12.0 Å². The summed E-state index contributed by atoms with van der Waals surface area (Å²) in [5.74, 6) is -0.229. The molecule has 0 fully saturated rings. The van der Waals surface area contributed by atoms with Crippen molar-refractivity contribution in [2.24, 2.45) is 5.73 Å². The molecule has 0 aromatic heterocycles. The van der Waals surface area contributed by atoms with Gasteiger partial charge < -0.3 is 10.5 Å². The fourth-order valence-electron chi connectivity index (χ4n) is 1.16. The van der Waals surface area contributed by atoms with Crippen LogP contribution in [0.1, 0.15) is 25.3 Å². The maximum Gasteiger partial charge on any atom is 0.307 e. The minimum Gasteiger partial charge on any atom is -0.461 e. The molecule has 0 heterocycles. The molecule has 0 saturated carbocycles. The molecule has 1 atom stereocenters. The van der Waals surface area contributed by atoms with Crippen LogP contribution in [0.2, 0.25) is 0 Å². The van der Waals surface area contributed by atoms with Gasteiger partial charge >= 0.3 is 5.97 Å². The van der Waals surface area contributed by atoms with Crippen LogP contribution >= 0.6 is 0 Å². The molecule has 15 heavy (non-hydrogen) atoms. The summed E-state index contributed by atoms with van der Waals surface area (Å²) in [6.45, 7) is 2.28. The van der Waals surface area contributed by atoms with E-state index in [2.05, 4.69) is 0 Å². The van der Waals surface area contributed by atoms with Crippen LogP contribution in [0.5, 0.6) is 0 Å². The Bertz CT molecular complexity index is 298. The summed E-state index contributed by atoms with van der Waals surface area (Å²) in [4.78, 5) is 11.3. The van der Waals surface area contributed by atoms with Crippen LogP contribution in [-0.2, 0) is 16.1 Å². The summed E-state index contributed by atoms with van der Waals surface area (Å²) in [5, 5.41) is 0. The highest BCUT2D eigenvalue weighted by atomic mass is 16.5. The predicted molar refractivity (Wildman–Crippen MR) is 59.1 cm³/mol. The summed E-state index contributed by atoms with van der Waals surface area (Å²) in [6, 6.07) is 9.52. The van der Waals surface area contributed by atoms with E-state index in [0.29, 0.717) is 13.0 Å². The van der Waals surface area contributed by atoms with Crippen molar-refractivity contribution in [2.45, 2.75) is 32.4 Å². The quantitative estimate of drug-likeness (QED) is 0.750. The molecule has 1 aromatic carbocycles. The zero-order valence-electron chi connectivity index (χ0n) is 8.98. The lowest BCUT2D eigenvalue weighted by Crippen LogP contribution is -2.23. The molecule has 0 spiro atoms. The monoisotopic (exact) mass is 207 g/mol. The predicted octanol–water partition coefficient (Wildman–Crippen LogP) is 1.86. The van der Waals surface area contributed by atoms with Gasteiger partial charge in [0.25, 0.3) is 0 Å². The first-order valence-electron chi connectivity index (χ1n) is 5.17. The van der Waals surface area contributed by atoms with Crippen LogP contribution in [0.3, 0.4) is 0 Å². The largest absolute Gasteiger partial charge is 0.461 e. The minimum atomic E-state index is -0.229. The molecule has 0 radical (unpaired) electrons. The molecule has 82 valence electrons. The van der Waals surface area contributed by atoms with Crippen LogP contribution < -0.4 is 5.73 Å². The van der Waals surface area contributed by atoms with Crippen LogP contribution in [0.25, 0.3) is 0 Å². The van der Waals surface area contributed by atoms with Crippen LogP contribution in [-0.4, -0.2) is 12.0 Å². The van der Waals surface area contributed by atoms with Gasteiger partial charge in [-0.2, -0.15) is 0 Å². The van der Waals surface area contributed by atoms with Gasteiger partial charge in [0.15, 0.2) is 0 Å². The van der Waals surface area contributed by atoms with Crippen molar-refractivity contribution < 1.29 is 9.53 Å². The van der Waals surface area contributed by atoms with E-state index >= 15 is 0 Å². The van der Waals surface area contributed by atoms with Gasteiger partial charge in [0, 0.05) is 6.04 Å². The van der Waals surface area contributed by atoms with Crippen molar-refractivity contribution in [3.8, 4) is 0 Å². The molecule has 2 N–H and O–H groups in total. The minimum absolute atomic E-state index is 0.0896. The lowest BCUT2D eigenvalue weighted by molar-refractivity contribution is -0.145. The van der Waals surface area contributed by atoms with Crippen LogP contribution in [0.4, 0.5) is 0 Å². The van der Waals surface area contributed by atoms with Crippen molar-refractivity contribution in [2.75, 3.05) is 0 Å². The number of hydrogen-bond donors (Lipinski definition) is 1. The number of rotatable bonds is 5. The Morgan fingerprint density at radius 3 is 2.67 bits per heavy atom. The van der Waals surface area contributed by atoms with E-state index in [1.165, 1.54) is 0 Å². The molecule has 0 aliphatic carbocycles. The standard InChI is InChI=1S/C12H17NO2/c1-2-11(13)8-12(14)15-9-10-6-4-3-5-7-10/h3-7,11H,2,8-9,13H2,1H3. The first-order valence-corrected chi connectivity index (χ1v) is 5.17. The average molecular weight is 207 g/mol. The molecule has 0 aliphatic rings. The van der Waals surface area contributed by atoms with Crippen molar-refractivity contribution in [3.05, 3.63) is 35.9 Å². The number of hydrogen-bond acceptors (Lipinski definition) is 3. The van der Waals surface area contributed by atoms with Crippen molar-refractivity contribution in [1.29, 1.82) is 0 Å². The third kappa shape index (κ3) is 4.61. The van der Waals surface area contributed by atoms with Gasteiger partial charge in [-0.25, -0.2) is 0 Å². The third-order valence-corrected chi connectivity index (χ3v) is 2.20. The van der Waals surface area contributed by atoms with E-state index in [-0.39, 0.29) is 12.0 Å². The van der Waals surface area contributed by atoms with Gasteiger partial charge in [-0.1, -0.05) is 37.3 Å². The Hall–Kier alpha value is -1.35. The molecule has 3 heteroatoms. The first-order chi connectivity index (χ1) is 7.22. The first kappa shape index (κ1) is 11.7. The van der Waals surface area contributed by atoms with E-state index in [0.717, 1.165) is 12.0 Å². The molecule has 1 aromatic rings. The van der Waals surface area contributed by atoms with Gasteiger partial charge in [0.2, 0.25) is 0 Å². The molecule has 0 bridgehead atoms. The van der Waals surface area contributed by atoms with Crippen LogP contribution in [0.15, 0.2) is 30.3 Å². The Morgan fingerprint density at radius 2 is 2.07 bits per heavy atom. The van der Waals surface area contributed by atoms with Gasteiger partial charge in [0.1, 0.15) is 6.61 Å². The zero-order chi connectivity index (χ0) is 11.1. The number of carbonyl (C=O) groups excluding carboxylic acids is 1. The summed E-state index contributed by atoms with van der Waals surface area (Å²) in [6.07, 6.45) is 1.09. The van der Waals surface area contributed by atoms with E-state index in [1.54, 1.807) is 0 Å². The van der Waals surface area contributed by atoms with Gasteiger partial charge in [-0.15, -0.1) is 0 Å². The second-order valence-electron chi connectivity index (χ2n) is 3.52. The highest BCUT2D eigenvalue weighted by molar-refractivity contribution is 5.70. The van der Waals surface area contributed by atoms with Crippen molar-refractivity contribution >= 4 is 5.97 Å². The SMILES string of the molecule is CCC(N)CC(=O)OCc1ccccc1. The molecule has 3 nitrogen and oxygen atoms in total. The number of ether oxygens (including phenoxy) is 1. The zero-order valence-corrected chi connectivity index (χ0v) is 8.98. The molecule has 0 aliphatic heterocycles. The fourth-order valence-corrected chi connectivity index (χ4v) is 1.16. The number of benzene rings is 1. The van der Waals surface area contributed by atoms with Gasteiger partial charge in [-0.3, -0.25) is 4.79 Å². The van der Waals surface area contributed by atoms with Gasteiger partial charge in [0.05, 0.1) is 6.42 Å². The Labute approximate surface area is 90.2 Å². The molecule has 0 amide bonds. The second-order valence-corrected chi connectivity index (χ2v) is 3.52. The summed E-state index contributed by atoms with van der Waals surface area (Å²) >= 11 is 0. The topological polar surface area (TPSA) is 52.3 Å². The van der Waals surface area contributed by atoms with Crippen molar-refractivity contribution in [1.82, 2.24) is 0 Å². The Morgan fingerprint density at radius 1 is 1.40 bits per heavy atom. The number of carbonyl (C=O) groups is 1. The molecule has 0 saturated heterocycles. The summed E-state index contributed by atoms with van der Waals surface area (Å²) < 4.78 is 5.08. The molecular formula is C12H17NO2.